The molecule has 6 heteroatoms. The Bertz CT molecular complexity index is 851. The molecule has 1 atom stereocenters. The predicted octanol–water partition coefficient (Wildman–Crippen LogP) is 3.33. The third-order valence-corrected chi connectivity index (χ3v) is 5.81. The van der Waals surface area contributed by atoms with Gasteiger partial charge in [0.15, 0.2) is 11.6 Å². The number of amides is 1. The smallest absolute Gasteiger partial charge is 0.224 e. The molecule has 29 heavy (non-hydrogen) atoms. The number of hydrogen-bond acceptors (Lipinski definition) is 4. The molecule has 2 aliphatic rings. The molecule has 0 aliphatic carbocycles. The molecule has 2 N–H and O–H groups in total. The number of halogens is 1. The highest BCUT2D eigenvalue weighted by molar-refractivity contribution is 5.94. The van der Waals surface area contributed by atoms with Gasteiger partial charge in [0.2, 0.25) is 5.91 Å². The number of fused-ring (bicyclic) bond motifs is 1. The predicted molar refractivity (Wildman–Crippen MR) is 110 cm³/mol. The summed E-state index contributed by atoms with van der Waals surface area (Å²) in [6.45, 7) is 2.37. The number of β-amino-alcohol motifs (C(OH)–C–C–N with tert-alkyl or cyclic N) is 1. The van der Waals surface area contributed by atoms with E-state index < -0.39 is 11.9 Å². The van der Waals surface area contributed by atoms with Gasteiger partial charge in [-0.25, -0.2) is 4.39 Å². The van der Waals surface area contributed by atoms with E-state index in [0.717, 1.165) is 31.5 Å². The molecule has 0 bridgehead atoms. The molecule has 1 amide bonds. The minimum atomic E-state index is -0.701. The fourth-order valence-electron chi connectivity index (χ4n) is 4.20. The minimum Gasteiger partial charge on any atom is -0.488 e. The Labute approximate surface area is 170 Å². The van der Waals surface area contributed by atoms with Crippen LogP contribution in [0.2, 0.25) is 0 Å². The van der Waals surface area contributed by atoms with Gasteiger partial charge in [-0.15, -0.1) is 0 Å². The molecule has 2 heterocycles. The molecule has 0 spiro atoms. The fourth-order valence-corrected chi connectivity index (χ4v) is 4.20. The zero-order chi connectivity index (χ0) is 20.2. The maximum atomic E-state index is 14.3. The van der Waals surface area contributed by atoms with Gasteiger partial charge in [-0.1, -0.05) is 30.3 Å². The zero-order valence-electron chi connectivity index (χ0n) is 16.4. The molecule has 2 aliphatic heterocycles. The summed E-state index contributed by atoms with van der Waals surface area (Å²) in [5.74, 6) is 0.0956. The summed E-state index contributed by atoms with van der Waals surface area (Å²) in [6.07, 6.45) is 2.33. The Balaban J connectivity index is 1.26. The maximum absolute atomic E-state index is 14.3. The number of carbonyl (C=O) groups excluding carboxylic acids is 1. The van der Waals surface area contributed by atoms with Crippen LogP contribution in [0.15, 0.2) is 42.5 Å². The van der Waals surface area contributed by atoms with E-state index in [4.69, 9.17) is 4.74 Å². The lowest BCUT2D eigenvalue weighted by Crippen LogP contribution is -2.40. The second-order valence-electron chi connectivity index (χ2n) is 7.94. The number of ether oxygens (including phenoxy) is 1. The van der Waals surface area contributed by atoms with Gasteiger partial charge in [-0.3, -0.25) is 4.79 Å². The molecule has 2 aromatic rings. The summed E-state index contributed by atoms with van der Waals surface area (Å²) >= 11 is 0. The van der Waals surface area contributed by atoms with Crippen LogP contribution in [0.25, 0.3) is 0 Å². The average Bonchev–Trinajstić information content (AvgIpc) is 2.74. The molecule has 1 fully saturated rings. The van der Waals surface area contributed by atoms with Crippen molar-refractivity contribution >= 4 is 11.6 Å². The number of rotatable bonds is 6. The molecule has 4 rings (SSSR count). The number of piperidine rings is 1. The first kappa shape index (κ1) is 19.9. The Hall–Kier alpha value is -2.44. The van der Waals surface area contributed by atoms with Crippen LogP contribution in [0.1, 0.15) is 36.3 Å². The van der Waals surface area contributed by atoms with E-state index in [0.29, 0.717) is 31.0 Å². The Morgan fingerprint density at radius 1 is 1.17 bits per heavy atom. The van der Waals surface area contributed by atoms with Crippen LogP contribution in [0.5, 0.6) is 5.75 Å². The number of nitrogens with one attached hydrogen (secondary N) is 1. The Kier molecular flexibility index (Phi) is 6.11. The number of likely N-dealkylation sites (tertiary alicyclic amines) is 1. The molecule has 0 aromatic heterocycles. The normalized spacial score (nSPS) is 18.8. The first-order chi connectivity index (χ1) is 14.1. The summed E-state index contributed by atoms with van der Waals surface area (Å²) in [5, 5.41) is 13.1. The van der Waals surface area contributed by atoms with Crippen LogP contribution < -0.4 is 10.1 Å². The van der Waals surface area contributed by atoms with Crippen molar-refractivity contribution in [1.82, 2.24) is 4.90 Å². The Morgan fingerprint density at radius 3 is 2.69 bits per heavy atom. The van der Waals surface area contributed by atoms with Crippen molar-refractivity contribution in [2.24, 2.45) is 0 Å². The Morgan fingerprint density at radius 2 is 1.93 bits per heavy atom. The van der Waals surface area contributed by atoms with Crippen LogP contribution in [-0.4, -0.2) is 48.3 Å². The number of hydrogen-bond donors (Lipinski definition) is 2. The van der Waals surface area contributed by atoms with Gasteiger partial charge in [-0.2, -0.15) is 0 Å². The molecular formula is C23H27FN2O3. The third kappa shape index (κ3) is 4.95. The van der Waals surface area contributed by atoms with Crippen LogP contribution in [0.3, 0.4) is 0 Å². The molecule has 0 radical (unpaired) electrons. The number of nitrogens with zero attached hydrogens (tertiary/aromatic N) is 1. The molecular weight excluding hydrogens is 371 g/mol. The first-order valence-electron chi connectivity index (χ1n) is 10.3. The largest absolute Gasteiger partial charge is 0.488 e. The molecule has 154 valence electrons. The summed E-state index contributed by atoms with van der Waals surface area (Å²) in [7, 11) is 0. The zero-order valence-corrected chi connectivity index (χ0v) is 16.4. The van der Waals surface area contributed by atoms with E-state index in [2.05, 4.69) is 34.5 Å². The minimum absolute atomic E-state index is 0.0161. The van der Waals surface area contributed by atoms with Crippen molar-refractivity contribution in [1.29, 1.82) is 0 Å². The SMILES string of the molecule is O=C1CCc2cc(F)c(OCC(O)CN3CCC(c4ccccc4)CC3)cc2N1. The van der Waals surface area contributed by atoms with Gasteiger partial charge in [0.25, 0.3) is 0 Å². The lowest BCUT2D eigenvalue weighted by molar-refractivity contribution is -0.116. The van der Waals surface area contributed by atoms with Crippen LogP contribution in [0.4, 0.5) is 10.1 Å². The highest BCUT2D eigenvalue weighted by Crippen LogP contribution is 2.30. The second-order valence-corrected chi connectivity index (χ2v) is 7.94. The fraction of sp³-hybridized carbons (Fsp3) is 0.435. The number of aliphatic hydroxyl groups is 1. The number of anilines is 1. The van der Waals surface area contributed by atoms with Crippen molar-refractivity contribution in [3.8, 4) is 5.75 Å². The first-order valence-corrected chi connectivity index (χ1v) is 10.3. The molecule has 0 saturated carbocycles. The average molecular weight is 398 g/mol. The van der Waals surface area contributed by atoms with E-state index in [1.807, 2.05) is 6.07 Å². The maximum Gasteiger partial charge on any atom is 0.224 e. The van der Waals surface area contributed by atoms with Crippen LogP contribution in [0, 0.1) is 5.82 Å². The van der Waals surface area contributed by atoms with Gasteiger partial charge in [0, 0.05) is 24.7 Å². The lowest BCUT2D eigenvalue weighted by Gasteiger charge is -2.33. The van der Waals surface area contributed by atoms with E-state index in [-0.39, 0.29) is 18.3 Å². The molecule has 5 nitrogen and oxygen atoms in total. The second kappa shape index (κ2) is 8.93. The van der Waals surface area contributed by atoms with Crippen molar-refractivity contribution in [2.75, 3.05) is 31.6 Å². The summed E-state index contributed by atoms with van der Waals surface area (Å²) in [5.41, 5.74) is 2.75. The number of benzene rings is 2. The quantitative estimate of drug-likeness (QED) is 0.784. The van der Waals surface area contributed by atoms with Gasteiger partial charge < -0.3 is 20.1 Å². The van der Waals surface area contributed by atoms with Gasteiger partial charge in [0.05, 0.1) is 0 Å². The van der Waals surface area contributed by atoms with E-state index >= 15 is 0 Å². The van der Waals surface area contributed by atoms with Gasteiger partial charge >= 0.3 is 0 Å². The highest BCUT2D eigenvalue weighted by Gasteiger charge is 2.23. The van der Waals surface area contributed by atoms with Crippen molar-refractivity contribution in [3.63, 3.8) is 0 Å². The number of carbonyl (C=O) groups is 1. The summed E-state index contributed by atoms with van der Waals surface area (Å²) in [6, 6.07) is 13.5. The monoisotopic (exact) mass is 398 g/mol. The van der Waals surface area contributed by atoms with E-state index in [1.54, 1.807) is 0 Å². The van der Waals surface area contributed by atoms with Crippen molar-refractivity contribution in [2.45, 2.75) is 37.7 Å². The molecule has 2 aromatic carbocycles. The number of aryl methyl sites for hydroxylation is 1. The van der Waals surface area contributed by atoms with Gasteiger partial charge in [-0.05, 0) is 55.5 Å². The highest BCUT2D eigenvalue weighted by atomic mass is 19.1. The topological polar surface area (TPSA) is 61.8 Å². The van der Waals surface area contributed by atoms with E-state index in [9.17, 15) is 14.3 Å². The van der Waals surface area contributed by atoms with Crippen LogP contribution in [-0.2, 0) is 11.2 Å². The van der Waals surface area contributed by atoms with Crippen molar-refractivity contribution < 1.29 is 19.0 Å². The number of aliphatic hydroxyl groups excluding tert-OH is 1. The lowest BCUT2D eigenvalue weighted by atomic mass is 9.89. The summed E-state index contributed by atoms with van der Waals surface area (Å²) in [4.78, 5) is 13.8. The summed E-state index contributed by atoms with van der Waals surface area (Å²) < 4.78 is 19.8. The molecule has 1 saturated heterocycles. The van der Waals surface area contributed by atoms with Gasteiger partial charge in [0.1, 0.15) is 12.7 Å². The van der Waals surface area contributed by atoms with Crippen molar-refractivity contribution in [3.05, 3.63) is 59.4 Å². The van der Waals surface area contributed by atoms with Crippen LogP contribution >= 0.6 is 0 Å². The molecule has 1 unspecified atom stereocenters. The van der Waals surface area contributed by atoms with E-state index in [1.165, 1.54) is 17.7 Å². The third-order valence-electron chi connectivity index (χ3n) is 5.81. The standard InChI is InChI=1S/C23H27FN2O3/c24-20-12-18-6-7-23(28)25-21(18)13-22(20)29-15-19(27)14-26-10-8-17(9-11-26)16-4-2-1-3-5-16/h1-5,12-13,17,19,27H,6-11,14-15H2,(H,25,28).